The van der Waals surface area contributed by atoms with Crippen LogP contribution in [0.1, 0.15) is 19.8 Å². The summed E-state index contributed by atoms with van der Waals surface area (Å²) in [6, 6.07) is 5.03. The second-order valence-corrected chi connectivity index (χ2v) is 4.31. The van der Waals surface area contributed by atoms with Gasteiger partial charge in [-0.15, -0.1) is 0 Å². The van der Waals surface area contributed by atoms with E-state index in [0.717, 1.165) is 12.1 Å². The number of carbonyl (C=O) groups excluding carboxylic acids is 1. The molecule has 0 aromatic heterocycles. The maximum atomic E-state index is 11.7. The van der Waals surface area contributed by atoms with Crippen molar-refractivity contribution < 1.29 is 4.79 Å². The van der Waals surface area contributed by atoms with Crippen molar-refractivity contribution in [3.8, 4) is 0 Å². The normalized spacial score (nSPS) is 15.6. The highest BCUT2D eigenvalue weighted by Crippen LogP contribution is 2.29. The van der Waals surface area contributed by atoms with Crippen LogP contribution in [0, 0.1) is 0 Å². The summed E-state index contributed by atoms with van der Waals surface area (Å²) in [7, 11) is 0. The largest absolute Gasteiger partial charge is 0.272 e. The monoisotopic (exact) mass is 256 g/mol. The molecule has 0 atom stereocenters. The number of carbonyl (C=O) groups is 1. The summed E-state index contributed by atoms with van der Waals surface area (Å²) in [4.78, 5) is 11.7. The molecule has 1 aromatic carbocycles. The van der Waals surface area contributed by atoms with Crippen LogP contribution in [-0.2, 0) is 4.79 Å². The van der Waals surface area contributed by atoms with Crippen molar-refractivity contribution in [1.29, 1.82) is 0 Å². The van der Waals surface area contributed by atoms with E-state index in [9.17, 15) is 4.79 Å². The highest BCUT2D eigenvalue weighted by atomic mass is 35.5. The van der Waals surface area contributed by atoms with Crippen LogP contribution in [-0.4, -0.2) is 11.6 Å². The van der Waals surface area contributed by atoms with Gasteiger partial charge in [-0.25, -0.2) is 5.01 Å². The number of anilines is 1. The number of rotatable bonds is 2. The predicted octanol–water partition coefficient (Wildman–Crippen LogP) is 3.50. The number of nitrogens with zero attached hydrogens (tertiary/aromatic N) is 2. The molecular weight excluding hydrogens is 247 g/mol. The summed E-state index contributed by atoms with van der Waals surface area (Å²) in [6.45, 7) is 1.98. The zero-order chi connectivity index (χ0) is 11.7. The van der Waals surface area contributed by atoms with Gasteiger partial charge in [-0.1, -0.05) is 30.1 Å². The second kappa shape index (κ2) is 4.44. The molecule has 0 bridgehead atoms. The molecule has 0 fully saturated rings. The van der Waals surface area contributed by atoms with Gasteiger partial charge in [0, 0.05) is 5.71 Å². The van der Waals surface area contributed by atoms with Gasteiger partial charge in [0.1, 0.15) is 0 Å². The lowest BCUT2D eigenvalue weighted by Gasteiger charge is -2.12. The van der Waals surface area contributed by atoms with Gasteiger partial charge in [-0.05, 0) is 24.6 Å². The molecule has 0 N–H and O–H groups in total. The smallest absolute Gasteiger partial charge is 0.253 e. The van der Waals surface area contributed by atoms with Crippen molar-refractivity contribution in [2.24, 2.45) is 5.10 Å². The Balaban J connectivity index is 2.34. The van der Waals surface area contributed by atoms with Crippen LogP contribution >= 0.6 is 23.2 Å². The molecule has 1 aromatic rings. The Morgan fingerprint density at radius 3 is 2.69 bits per heavy atom. The van der Waals surface area contributed by atoms with Crippen molar-refractivity contribution in [3.63, 3.8) is 0 Å². The molecule has 1 aliphatic heterocycles. The first kappa shape index (κ1) is 11.4. The lowest BCUT2D eigenvalue weighted by Crippen LogP contribution is -2.19. The Bertz CT molecular complexity index is 471. The molecule has 0 aliphatic carbocycles. The number of hydrazone groups is 1. The van der Waals surface area contributed by atoms with Gasteiger partial charge in [0.05, 0.1) is 22.2 Å². The van der Waals surface area contributed by atoms with Crippen LogP contribution in [0.25, 0.3) is 0 Å². The summed E-state index contributed by atoms with van der Waals surface area (Å²) in [6.07, 6.45) is 1.17. The van der Waals surface area contributed by atoms with Crippen molar-refractivity contribution in [2.75, 3.05) is 5.01 Å². The first-order valence-corrected chi connectivity index (χ1v) is 5.71. The van der Waals surface area contributed by atoms with E-state index in [1.165, 1.54) is 5.01 Å². The SMILES string of the molecule is CCC1=NN(c2ccc(Cl)c(Cl)c2)C(=O)C1. The Morgan fingerprint density at radius 1 is 1.38 bits per heavy atom. The Labute approximate surface area is 104 Å². The van der Waals surface area contributed by atoms with Gasteiger partial charge >= 0.3 is 0 Å². The van der Waals surface area contributed by atoms with Crippen LogP contribution in [0.15, 0.2) is 23.3 Å². The van der Waals surface area contributed by atoms with Gasteiger partial charge in [-0.2, -0.15) is 5.10 Å². The van der Waals surface area contributed by atoms with E-state index in [4.69, 9.17) is 23.2 Å². The number of halogens is 2. The third kappa shape index (κ3) is 2.06. The van der Waals surface area contributed by atoms with E-state index in [1.807, 2.05) is 6.92 Å². The van der Waals surface area contributed by atoms with Gasteiger partial charge in [0.2, 0.25) is 0 Å². The molecule has 0 radical (unpaired) electrons. The number of hydrogen-bond acceptors (Lipinski definition) is 2. The lowest BCUT2D eigenvalue weighted by molar-refractivity contribution is -0.116. The van der Waals surface area contributed by atoms with Crippen LogP contribution in [0.5, 0.6) is 0 Å². The van der Waals surface area contributed by atoms with Gasteiger partial charge in [0.15, 0.2) is 0 Å². The predicted molar refractivity (Wildman–Crippen MR) is 66.3 cm³/mol. The van der Waals surface area contributed by atoms with Crippen molar-refractivity contribution >= 4 is 40.5 Å². The van der Waals surface area contributed by atoms with Crippen molar-refractivity contribution in [1.82, 2.24) is 0 Å². The first-order chi connectivity index (χ1) is 7.61. The zero-order valence-corrected chi connectivity index (χ0v) is 10.2. The molecule has 0 saturated heterocycles. The minimum Gasteiger partial charge on any atom is -0.272 e. The Morgan fingerprint density at radius 2 is 2.12 bits per heavy atom. The summed E-state index contributed by atoms with van der Waals surface area (Å²) in [5.41, 5.74) is 1.54. The molecule has 3 nitrogen and oxygen atoms in total. The Kier molecular flexibility index (Phi) is 3.17. The maximum absolute atomic E-state index is 11.7. The number of benzene rings is 1. The first-order valence-electron chi connectivity index (χ1n) is 4.96. The number of hydrogen-bond donors (Lipinski definition) is 0. The fourth-order valence-corrected chi connectivity index (χ4v) is 1.79. The molecule has 1 amide bonds. The summed E-state index contributed by atoms with van der Waals surface area (Å²) < 4.78 is 0. The average Bonchev–Trinajstić information content (AvgIpc) is 2.64. The highest BCUT2D eigenvalue weighted by molar-refractivity contribution is 6.42. The molecule has 84 valence electrons. The molecule has 0 saturated carbocycles. The van der Waals surface area contributed by atoms with Gasteiger partial charge < -0.3 is 0 Å². The van der Waals surface area contributed by atoms with E-state index in [1.54, 1.807) is 18.2 Å². The second-order valence-electron chi connectivity index (χ2n) is 3.50. The summed E-state index contributed by atoms with van der Waals surface area (Å²) in [5.74, 6) is -0.0322. The summed E-state index contributed by atoms with van der Waals surface area (Å²) >= 11 is 11.7. The topological polar surface area (TPSA) is 32.7 Å². The average molecular weight is 257 g/mol. The number of amides is 1. The molecule has 1 aliphatic rings. The Hall–Kier alpha value is -1.06. The summed E-state index contributed by atoms with van der Waals surface area (Å²) in [5, 5.41) is 6.50. The van der Waals surface area contributed by atoms with E-state index < -0.39 is 0 Å². The molecule has 16 heavy (non-hydrogen) atoms. The fraction of sp³-hybridized carbons (Fsp3) is 0.273. The van der Waals surface area contributed by atoms with Crippen molar-refractivity contribution in [3.05, 3.63) is 28.2 Å². The van der Waals surface area contributed by atoms with Crippen LogP contribution in [0.4, 0.5) is 5.69 Å². The van der Waals surface area contributed by atoms with Crippen LogP contribution in [0.3, 0.4) is 0 Å². The molecule has 1 heterocycles. The minimum atomic E-state index is -0.0322. The van der Waals surface area contributed by atoms with E-state index >= 15 is 0 Å². The molecular formula is C11H10Cl2N2O. The van der Waals surface area contributed by atoms with Crippen LogP contribution in [0.2, 0.25) is 10.0 Å². The molecule has 0 spiro atoms. The zero-order valence-electron chi connectivity index (χ0n) is 8.70. The molecule has 5 heteroatoms. The van der Waals surface area contributed by atoms with E-state index in [0.29, 0.717) is 22.2 Å². The van der Waals surface area contributed by atoms with Crippen LogP contribution < -0.4 is 5.01 Å². The van der Waals surface area contributed by atoms with E-state index in [2.05, 4.69) is 5.10 Å². The lowest BCUT2D eigenvalue weighted by atomic mass is 10.2. The van der Waals surface area contributed by atoms with Gasteiger partial charge in [-0.3, -0.25) is 4.79 Å². The quantitative estimate of drug-likeness (QED) is 0.798. The van der Waals surface area contributed by atoms with Gasteiger partial charge in [0.25, 0.3) is 5.91 Å². The maximum Gasteiger partial charge on any atom is 0.253 e. The van der Waals surface area contributed by atoms with Crippen molar-refractivity contribution in [2.45, 2.75) is 19.8 Å². The molecule has 0 unspecified atom stereocenters. The fourth-order valence-electron chi connectivity index (χ4n) is 1.50. The minimum absolute atomic E-state index is 0.0322. The molecule has 2 rings (SSSR count). The third-order valence-electron chi connectivity index (χ3n) is 2.39. The standard InChI is InChI=1S/C11H10Cl2N2O/c1-2-7-5-11(16)15(14-7)8-3-4-9(12)10(13)6-8/h3-4,6H,2,5H2,1H3. The van der Waals surface area contributed by atoms with E-state index in [-0.39, 0.29) is 5.91 Å². The highest BCUT2D eigenvalue weighted by Gasteiger charge is 2.24. The third-order valence-corrected chi connectivity index (χ3v) is 3.13.